The van der Waals surface area contributed by atoms with Gasteiger partial charge in [-0.2, -0.15) is 0 Å². The van der Waals surface area contributed by atoms with E-state index in [2.05, 4.69) is 13.8 Å². The maximum Gasteiger partial charge on any atom is 0.165 e. The predicted molar refractivity (Wildman–Crippen MR) is 107 cm³/mol. The van der Waals surface area contributed by atoms with Gasteiger partial charge in [-0.05, 0) is 42.7 Å². The fourth-order valence-electron chi connectivity index (χ4n) is 2.65. The Morgan fingerprint density at radius 3 is 2.00 bits per heavy atom. The molecular formula is C23H31FO3. The Morgan fingerprint density at radius 2 is 1.33 bits per heavy atom. The van der Waals surface area contributed by atoms with Crippen LogP contribution in [0.2, 0.25) is 0 Å². The van der Waals surface area contributed by atoms with Crippen molar-refractivity contribution in [2.45, 2.75) is 52.4 Å². The first-order chi connectivity index (χ1) is 13.2. The molecule has 0 amide bonds. The molecule has 0 aliphatic carbocycles. The van der Waals surface area contributed by atoms with Crippen molar-refractivity contribution in [1.82, 2.24) is 0 Å². The zero-order valence-corrected chi connectivity index (χ0v) is 16.5. The van der Waals surface area contributed by atoms with Crippen LogP contribution in [0.3, 0.4) is 0 Å². The van der Waals surface area contributed by atoms with Gasteiger partial charge >= 0.3 is 0 Å². The van der Waals surface area contributed by atoms with Gasteiger partial charge in [-0.1, -0.05) is 51.3 Å². The lowest BCUT2D eigenvalue weighted by molar-refractivity contribution is 0.266. The Bertz CT molecular complexity index is 672. The van der Waals surface area contributed by atoms with Crippen molar-refractivity contribution in [2.75, 3.05) is 19.8 Å². The van der Waals surface area contributed by atoms with Crippen LogP contribution in [-0.4, -0.2) is 19.8 Å². The molecule has 0 heterocycles. The third kappa shape index (κ3) is 7.49. The minimum absolute atomic E-state index is 0.313. The summed E-state index contributed by atoms with van der Waals surface area (Å²) in [5.41, 5.74) is 0.887. The number of unbranched alkanes of at least 4 members (excludes halogenated alkanes) is 3. The summed E-state index contributed by atoms with van der Waals surface area (Å²) in [4.78, 5) is 0. The molecular weight excluding hydrogens is 343 g/mol. The molecule has 2 aromatic carbocycles. The minimum atomic E-state index is -0.313. The highest BCUT2D eigenvalue weighted by atomic mass is 19.1. The number of rotatable bonds is 13. The standard InChI is InChI=1S/C23H31FO3/c1-3-5-9-16-25-21-13-12-19(18-20(21)24)14-17-27-23-11-8-7-10-22(23)26-15-6-4-2/h7-8,10-13,18H,3-6,9,14-17H2,1-2H3. The molecule has 148 valence electrons. The fourth-order valence-corrected chi connectivity index (χ4v) is 2.65. The number of halogens is 1. The molecule has 0 aliphatic heterocycles. The first kappa shape index (κ1) is 21.1. The molecule has 0 unspecified atom stereocenters. The molecule has 27 heavy (non-hydrogen) atoms. The van der Waals surface area contributed by atoms with Crippen molar-refractivity contribution >= 4 is 0 Å². The maximum atomic E-state index is 14.2. The van der Waals surface area contributed by atoms with Crippen molar-refractivity contribution in [3.05, 3.63) is 53.8 Å². The van der Waals surface area contributed by atoms with E-state index in [1.807, 2.05) is 30.3 Å². The Labute approximate surface area is 162 Å². The average Bonchev–Trinajstić information content (AvgIpc) is 2.68. The molecule has 4 heteroatoms. The summed E-state index contributed by atoms with van der Waals surface area (Å²) in [5, 5.41) is 0. The average molecular weight is 374 g/mol. The Balaban J connectivity index is 1.82. The smallest absolute Gasteiger partial charge is 0.165 e. The predicted octanol–water partition coefficient (Wildman–Crippen LogP) is 6.20. The SMILES string of the molecule is CCCCCOc1ccc(CCOc2ccccc2OCCCC)cc1F. The fraction of sp³-hybridized carbons (Fsp3) is 0.478. The van der Waals surface area contributed by atoms with Gasteiger partial charge in [-0.25, -0.2) is 4.39 Å². The summed E-state index contributed by atoms with van der Waals surface area (Å²) in [6.45, 7) is 5.97. The van der Waals surface area contributed by atoms with Crippen molar-refractivity contribution in [3.63, 3.8) is 0 Å². The summed E-state index contributed by atoms with van der Waals surface area (Å²) < 4.78 is 31.3. The lowest BCUT2D eigenvalue weighted by atomic mass is 10.1. The van der Waals surface area contributed by atoms with Gasteiger partial charge in [0.15, 0.2) is 23.1 Å². The zero-order chi connectivity index (χ0) is 19.3. The van der Waals surface area contributed by atoms with Crippen molar-refractivity contribution in [1.29, 1.82) is 0 Å². The third-order valence-corrected chi connectivity index (χ3v) is 4.25. The number of para-hydroxylation sites is 2. The third-order valence-electron chi connectivity index (χ3n) is 4.25. The minimum Gasteiger partial charge on any atom is -0.491 e. The number of ether oxygens (including phenoxy) is 3. The lowest BCUT2D eigenvalue weighted by Gasteiger charge is -2.13. The number of benzene rings is 2. The zero-order valence-electron chi connectivity index (χ0n) is 16.5. The second kappa shape index (κ2) is 12.2. The van der Waals surface area contributed by atoms with Crippen LogP contribution in [0.25, 0.3) is 0 Å². The van der Waals surface area contributed by atoms with Crippen LogP contribution in [0.4, 0.5) is 4.39 Å². The highest BCUT2D eigenvalue weighted by Gasteiger charge is 2.07. The number of hydrogen-bond acceptors (Lipinski definition) is 3. The molecule has 0 N–H and O–H groups in total. The maximum absolute atomic E-state index is 14.2. The van der Waals surface area contributed by atoms with Gasteiger partial charge in [0.1, 0.15) is 0 Å². The Morgan fingerprint density at radius 1 is 0.704 bits per heavy atom. The van der Waals surface area contributed by atoms with E-state index >= 15 is 0 Å². The van der Waals surface area contributed by atoms with E-state index in [-0.39, 0.29) is 5.82 Å². The normalized spacial score (nSPS) is 10.6. The van der Waals surface area contributed by atoms with Gasteiger partial charge in [-0.15, -0.1) is 0 Å². The van der Waals surface area contributed by atoms with E-state index in [9.17, 15) is 4.39 Å². The van der Waals surface area contributed by atoms with E-state index in [0.717, 1.165) is 49.2 Å². The van der Waals surface area contributed by atoms with Gasteiger partial charge in [0.05, 0.1) is 19.8 Å². The quantitative estimate of drug-likeness (QED) is 0.391. The van der Waals surface area contributed by atoms with E-state index in [4.69, 9.17) is 14.2 Å². The molecule has 0 bridgehead atoms. The largest absolute Gasteiger partial charge is 0.491 e. The van der Waals surface area contributed by atoms with Crippen LogP contribution in [0.15, 0.2) is 42.5 Å². The summed E-state index contributed by atoms with van der Waals surface area (Å²) in [6.07, 6.45) is 5.90. The van der Waals surface area contributed by atoms with Gasteiger partial charge in [-0.3, -0.25) is 0 Å². The van der Waals surface area contributed by atoms with Crippen LogP contribution >= 0.6 is 0 Å². The highest BCUT2D eigenvalue weighted by Crippen LogP contribution is 2.27. The van der Waals surface area contributed by atoms with E-state index in [0.29, 0.717) is 32.0 Å². The summed E-state index contributed by atoms with van der Waals surface area (Å²) in [5.74, 6) is 1.50. The molecule has 0 aliphatic rings. The molecule has 0 aromatic heterocycles. The Hall–Kier alpha value is -2.23. The molecule has 2 aromatic rings. The molecule has 2 rings (SSSR count). The van der Waals surface area contributed by atoms with Crippen LogP contribution in [0, 0.1) is 5.82 Å². The van der Waals surface area contributed by atoms with Crippen molar-refractivity contribution in [2.24, 2.45) is 0 Å². The molecule has 0 atom stereocenters. The van der Waals surface area contributed by atoms with Crippen molar-refractivity contribution < 1.29 is 18.6 Å². The summed E-state index contributed by atoms with van der Waals surface area (Å²) in [6, 6.07) is 12.8. The van der Waals surface area contributed by atoms with Gasteiger partial charge in [0, 0.05) is 6.42 Å². The van der Waals surface area contributed by atoms with Gasteiger partial charge in [0.25, 0.3) is 0 Å². The second-order valence-corrected chi connectivity index (χ2v) is 6.57. The second-order valence-electron chi connectivity index (χ2n) is 6.57. The highest BCUT2D eigenvalue weighted by molar-refractivity contribution is 5.39. The van der Waals surface area contributed by atoms with E-state index in [1.165, 1.54) is 6.07 Å². The monoisotopic (exact) mass is 374 g/mol. The topological polar surface area (TPSA) is 27.7 Å². The molecule has 3 nitrogen and oxygen atoms in total. The van der Waals surface area contributed by atoms with E-state index < -0.39 is 0 Å². The van der Waals surface area contributed by atoms with Crippen molar-refractivity contribution in [3.8, 4) is 17.2 Å². The van der Waals surface area contributed by atoms with Crippen LogP contribution in [0.1, 0.15) is 51.5 Å². The van der Waals surface area contributed by atoms with Gasteiger partial charge in [0.2, 0.25) is 0 Å². The first-order valence-corrected chi connectivity index (χ1v) is 10.0. The summed E-state index contributed by atoms with van der Waals surface area (Å²) >= 11 is 0. The molecule has 0 radical (unpaired) electrons. The van der Waals surface area contributed by atoms with E-state index in [1.54, 1.807) is 6.07 Å². The lowest BCUT2D eigenvalue weighted by Crippen LogP contribution is -2.05. The number of hydrogen-bond donors (Lipinski definition) is 0. The molecule has 0 saturated carbocycles. The molecule has 0 spiro atoms. The van der Waals surface area contributed by atoms with Crippen LogP contribution < -0.4 is 14.2 Å². The van der Waals surface area contributed by atoms with Gasteiger partial charge < -0.3 is 14.2 Å². The molecule has 0 fully saturated rings. The Kier molecular flexibility index (Phi) is 9.53. The van der Waals surface area contributed by atoms with Crippen LogP contribution in [0.5, 0.6) is 17.2 Å². The van der Waals surface area contributed by atoms with Crippen LogP contribution in [-0.2, 0) is 6.42 Å². The molecule has 0 saturated heterocycles. The first-order valence-electron chi connectivity index (χ1n) is 10.0. The summed E-state index contributed by atoms with van der Waals surface area (Å²) in [7, 11) is 0.